The van der Waals surface area contributed by atoms with Crippen molar-refractivity contribution in [1.29, 1.82) is 0 Å². The van der Waals surface area contributed by atoms with Crippen LogP contribution >= 0.6 is 15.9 Å². The lowest BCUT2D eigenvalue weighted by Gasteiger charge is -2.08. The first kappa shape index (κ1) is 14.3. The molecule has 110 valence electrons. The number of hydrogen-bond acceptors (Lipinski definition) is 3. The van der Waals surface area contributed by atoms with Gasteiger partial charge in [-0.1, -0.05) is 18.2 Å². The lowest BCUT2D eigenvalue weighted by Crippen LogP contribution is -2.41. The summed E-state index contributed by atoms with van der Waals surface area (Å²) in [4.78, 5) is 31.1. The molecule has 0 atom stereocenters. The van der Waals surface area contributed by atoms with E-state index in [1.165, 1.54) is 0 Å². The summed E-state index contributed by atoms with van der Waals surface area (Å²) in [7, 11) is 0. The first-order valence-corrected chi connectivity index (χ1v) is 7.23. The molecule has 0 fully saturated rings. The second kappa shape index (κ2) is 5.98. The standard InChI is InChI=1S/C15H11BrN4O2/c16-9-7-13(18-8-9)15(22)20-19-14(21)11-5-6-17-12-4-2-1-3-10(11)12/h1-8,18H,(H,19,21)(H,20,22). The Bertz CT molecular complexity index is 854. The fraction of sp³-hybridized carbons (Fsp3) is 0. The largest absolute Gasteiger partial charge is 0.356 e. The molecule has 2 aromatic heterocycles. The molecule has 0 radical (unpaired) electrons. The summed E-state index contributed by atoms with van der Waals surface area (Å²) in [5.41, 5.74) is 6.26. The predicted molar refractivity (Wildman–Crippen MR) is 85.2 cm³/mol. The predicted octanol–water partition coefficient (Wildman–Crippen LogP) is 2.40. The Morgan fingerprint density at radius 1 is 1.09 bits per heavy atom. The van der Waals surface area contributed by atoms with E-state index in [2.05, 4.69) is 36.7 Å². The zero-order valence-electron chi connectivity index (χ0n) is 11.3. The van der Waals surface area contributed by atoms with Gasteiger partial charge in [-0.2, -0.15) is 0 Å². The van der Waals surface area contributed by atoms with Gasteiger partial charge in [-0.3, -0.25) is 25.4 Å². The molecule has 1 aromatic carbocycles. The van der Waals surface area contributed by atoms with Crippen molar-refractivity contribution in [3.05, 3.63) is 64.5 Å². The molecular weight excluding hydrogens is 348 g/mol. The number of rotatable bonds is 2. The van der Waals surface area contributed by atoms with Gasteiger partial charge in [0.1, 0.15) is 5.69 Å². The van der Waals surface area contributed by atoms with E-state index in [0.717, 1.165) is 15.4 Å². The van der Waals surface area contributed by atoms with Crippen molar-refractivity contribution < 1.29 is 9.59 Å². The fourth-order valence-corrected chi connectivity index (χ4v) is 2.38. The molecule has 0 unspecified atom stereocenters. The van der Waals surface area contributed by atoms with Gasteiger partial charge in [-0.25, -0.2) is 0 Å². The number of benzene rings is 1. The minimum absolute atomic E-state index is 0.340. The van der Waals surface area contributed by atoms with E-state index in [9.17, 15) is 9.59 Å². The average molecular weight is 359 g/mol. The summed E-state index contributed by atoms with van der Waals surface area (Å²) in [6, 6.07) is 10.5. The van der Waals surface area contributed by atoms with Gasteiger partial charge in [0, 0.05) is 22.3 Å². The van der Waals surface area contributed by atoms with Crippen LogP contribution in [0.4, 0.5) is 0 Å². The number of hydrazine groups is 1. The highest BCUT2D eigenvalue weighted by molar-refractivity contribution is 9.10. The van der Waals surface area contributed by atoms with E-state index in [1.54, 1.807) is 30.6 Å². The third-order valence-electron chi connectivity index (χ3n) is 3.08. The van der Waals surface area contributed by atoms with E-state index >= 15 is 0 Å². The van der Waals surface area contributed by atoms with Crippen LogP contribution in [0.1, 0.15) is 20.8 Å². The van der Waals surface area contributed by atoms with Gasteiger partial charge in [0.05, 0.1) is 11.1 Å². The van der Waals surface area contributed by atoms with E-state index in [-0.39, 0.29) is 0 Å². The van der Waals surface area contributed by atoms with Crippen molar-refractivity contribution in [3.63, 3.8) is 0 Å². The number of H-pyrrole nitrogens is 1. The maximum absolute atomic E-state index is 12.2. The molecule has 6 nitrogen and oxygen atoms in total. The summed E-state index contributed by atoms with van der Waals surface area (Å²) >= 11 is 3.24. The van der Waals surface area contributed by atoms with Crippen LogP contribution in [0.15, 0.2) is 53.3 Å². The maximum atomic E-state index is 12.2. The molecule has 0 saturated heterocycles. The molecule has 0 spiro atoms. The van der Waals surface area contributed by atoms with Gasteiger partial charge in [0.15, 0.2) is 0 Å². The van der Waals surface area contributed by atoms with Crippen molar-refractivity contribution >= 4 is 38.6 Å². The topological polar surface area (TPSA) is 86.9 Å². The van der Waals surface area contributed by atoms with Gasteiger partial charge in [0.2, 0.25) is 0 Å². The van der Waals surface area contributed by atoms with Crippen LogP contribution in [-0.2, 0) is 0 Å². The Hall–Kier alpha value is -2.67. The van der Waals surface area contributed by atoms with Gasteiger partial charge < -0.3 is 4.98 Å². The molecule has 0 aliphatic carbocycles. The maximum Gasteiger partial charge on any atom is 0.286 e. The molecule has 0 saturated carbocycles. The zero-order chi connectivity index (χ0) is 15.5. The minimum Gasteiger partial charge on any atom is -0.356 e. The van der Waals surface area contributed by atoms with Crippen LogP contribution in [0, 0.1) is 0 Å². The van der Waals surface area contributed by atoms with Crippen LogP contribution in [0.2, 0.25) is 0 Å². The number of nitrogens with zero attached hydrogens (tertiary/aromatic N) is 1. The van der Waals surface area contributed by atoms with Crippen LogP contribution < -0.4 is 10.9 Å². The number of carbonyl (C=O) groups excluding carboxylic acids is 2. The Labute approximate surface area is 134 Å². The summed E-state index contributed by atoms with van der Waals surface area (Å²) in [5.74, 6) is -0.838. The monoisotopic (exact) mass is 358 g/mol. The lowest BCUT2D eigenvalue weighted by molar-refractivity contribution is 0.0845. The number of fused-ring (bicyclic) bond motifs is 1. The van der Waals surface area contributed by atoms with Crippen molar-refractivity contribution in [2.45, 2.75) is 0 Å². The molecule has 3 aromatic rings. The number of nitrogens with one attached hydrogen (secondary N) is 3. The van der Waals surface area contributed by atoms with Crippen molar-refractivity contribution in [2.75, 3.05) is 0 Å². The third kappa shape index (κ3) is 2.84. The number of amides is 2. The van der Waals surface area contributed by atoms with Gasteiger partial charge in [0.25, 0.3) is 11.8 Å². The van der Waals surface area contributed by atoms with Gasteiger partial charge in [-0.05, 0) is 34.1 Å². The molecule has 2 heterocycles. The number of aromatic nitrogens is 2. The first-order chi connectivity index (χ1) is 10.6. The summed E-state index contributed by atoms with van der Waals surface area (Å²) in [6.07, 6.45) is 3.19. The van der Waals surface area contributed by atoms with Crippen LogP contribution in [0.5, 0.6) is 0 Å². The van der Waals surface area contributed by atoms with Gasteiger partial charge in [-0.15, -0.1) is 0 Å². The second-order valence-electron chi connectivity index (χ2n) is 4.52. The van der Waals surface area contributed by atoms with Crippen LogP contribution in [0.3, 0.4) is 0 Å². The molecule has 0 aliphatic rings. The Balaban J connectivity index is 1.75. The highest BCUT2D eigenvalue weighted by atomic mass is 79.9. The van der Waals surface area contributed by atoms with Crippen LogP contribution in [-0.4, -0.2) is 21.8 Å². The number of para-hydroxylation sites is 1. The molecular formula is C15H11BrN4O2. The smallest absolute Gasteiger partial charge is 0.286 e. The third-order valence-corrected chi connectivity index (χ3v) is 3.53. The molecule has 22 heavy (non-hydrogen) atoms. The van der Waals surface area contributed by atoms with E-state index in [4.69, 9.17) is 0 Å². The molecule has 2 amide bonds. The van der Waals surface area contributed by atoms with Crippen molar-refractivity contribution in [2.24, 2.45) is 0 Å². The number of aromatic amines is 1. The zero-order valence-corrected chi connectivity index (χ0v) is 12.8. The fourth-order valence-electron chi connectivity index (χ4n) is 2.04. The minimum atomic E-state index is -0.433. The highest BCUT2D eigenvalue weighted by Crippen LogP contribution is 2.15. The summed E-state index contributed by atoms with van der Waals surface area (Å²) < 4.78 is 0.754. The molecule has 0 aliphatic heterocycles. The van der Waals surface area contributed by atoms with Crippen LogP contribution in [0.25, 0.3) is 10.9 Å². The van der Waals surface area contributed by atoms with Crippen molar-refractivity contribution in [1.82, 2.24) is 20.8 Å². The Morgan fingerprint density at radius 3 is 2.64 bits per heavy atom. The lowest BCUT2D eigenvalue weighted by atomic mass is 10.1. The Kier molecular flexibility index (Phi) is 3.88. The number of carbonyl (C=O) groups is 2. The highest BCUT2D eigenvalue weighted by Gasteiger charge is 2.12. The number of hydrogen-bond donors (Lipinski definition) is 3. The SMILES string of the molecule is O=C(NNC(=O)c1ccnc2ccccc12)c1cc(Br)c[nH]1. The molecule has 3 N–H and O–H groups in total. The Morgan fingerprint density at radius 2 is 1.86 bits per heavy atom. The van der Waals surface area contributed by atoms with Gasteiger partial charge >= 0.3 is 0 Å². The summed E-state index contributed by atoms with van der Waals surface area (Å²) in [5, 5.41) is 0.722. The van der Waals surface area contributed by atoms with Crippen molar-refractivity contribution in [3.8, 4) is 0 Å². The van der Waals surface area contributed by atoms with E-state index in [0.29, 0.717) is 11.3 Å². The molecule has 3 rings (SSSR count). The number of pyridine rings is 1. The first-order valence-electron chi connectivity index (χ1n) is 6.43. The van der Waals surface area contributed by atoms with E-state index in [1.807, 2.05) is 18.2 Å². The summed E-state index contributed by atoms with van der Waals surface area (Å²) in [6.45, 7) is 0. The molecule has 7 heteroatoms. The average Bonchev–Trinajstić information content (AvgIpc) is 2.98. The quantitative estimate of drug-likeness (QED) is 0.614. The number of halogens is 1. The van der Waals surface area contributed by atoms with E-state index < -0.39 is 11.8 Å². The second-order valence-corrected chi connectivity index (χ2v) is 5.43. The molecule has 0 bridgehead atoms. The normalized spacial score (nSPS) is 10.4.